The first-order chi connectivity index (χ1) is 12.1. The number of fused-ring (bicyclic) bond motifs is 6. The van der Waals surface area contributed by atoms with Crippen molar-refractivity contribution in [3.8, 4) is 5.75 Å². The minimum absolute atomic E-state index is 0.00273. The van der Waals surface area contributed by atoms with Crippen molar-refractivity contribution in [2.75, 3.05) is 7.11 Å². The number of carbonyl (C=O) groups excluding carboxylic acids is 1. The first-order valence-electron chi connectivity index (χ1n) is 8.79. The van der Waals surface area contributed by atoms with Crippen LogP contribution in [0.3, 0.4) is 0 Å². The third-order valence-electron chi connectivity index (χ3n) is 5.67. The summed E-state index contributed by atoms with van der Waals surface area (Å²) in [5, 5.41) is 1.26. The fraction of sp³-hybridized carbons (Fsp3) is 0.450. The van der Waals surface area contributed by atoms with Crippen LogP contribution < -0.4 is 4.74 Å². The molecular weight excluding hydrogens is 427 g/mol. The van der Waals surface area contributed by atoms with E-state index in [1.54, 1.807) is 7.11 Å². The summed E-state index contributed by atoms with van der Waals surface area (Å²) < 4.78 is 7.97. The van der Waals surface area contributed by atoms with Gasteiger partial charge in [-0.3, -0.25) is 9.69 Å². The summed E-state index contributed by atoms with van der Waals surface area (Å²) in [6, 6.07) is 6.58. The largest absolute Gasteiger partial charge is 0.497 e. The zero-order chi connectivity index (χ0) is 17.7. The number of allylic oxidation sites excluding steroid dienone is 1. The van der Waals surface area contributed by atoms with Gasteiger partial charge < -0.3 is 9.30 Å². The van der Waals surface area contributed by atoms with Crippen molar-refractivity contribution >= 4 is 39.3 Å². The summed E-state index contributed by atoms with van der Waals surface area (Å²) in [4.78, 5) is 15.1. The molecule has 4 rings (SSSR count). The zero-order valence-corrected chi connectivity index (χ0v) is 17.0. The number of hydrogen-bond donors (Lipinski definition) is 0. The number of nitrogens with zero attached hydrogens (tertiary/aromatic N) is 2. The maximum absolute atomic E-state index is 12.7. The quantitative estimate of drug-likeness (QED) is 0.305. The molecule has 2 aliphatic heterocycles. The monoisotopic (exact) mass is 450 g/mol. The molecule has 2 bridgehead atoms. The van der Waals surface area contributed by atoms with Gasteiger partial charge in [0.25, 0.3) is 0 Å². The van der Waals surface area contributed by atoms with Crippen LogP contribution in [0.4, 0.5) is 0 Å². The predicted molar refractivity (Wildman–Crippen MR) is 108 cm³/mol. The standard InChI is InChI=1S/C20H23IN2O2/c1-4-5-19(21)23-15-8-9-18(24)17(23)11-14-13-7-6-12(25-3)10-16(13)22(2)20(14)15/h4-7,10,15,17,19H,8-9,11H2,1-3H3/b5-4-/t15-,17-,19?/m0/s1. The van der Waals surface area contributed by atoms with E-state index in [1.807, 2.05) is 13.0 Å². The van der Waals surface area contributed by atoms with E-state index in [1.165, 1.54) is 22.2 Å². The van der Waals surface area contributed by atoms with Crippen molar-refractivity contribution in [3.63, 3.8) is 0 Å². The number of piperidine rings is 1. The van der Waals surface area contributed by atoms with Gasteiger partial charge in [0.1, 0.15) is 11.5 Å². The highest BCUT2D eigenvalue weighted by atomic mass is 127. The molecule has 132 valence electrons. The molecule has 4 nitrogen and oxygen atoms in total. The van der Waals surface area contributed by atoms with Gasteiger partial charge in [-0.1, -0.05) is 34.7 Å². The van der Waals surface area contributed by atoms with Crippen molar-refractivity contribution in [2.45, 2.75) is 42.3 Å². The molecule has 1 unspecified atom stereocenters. The molecule has 0 saturated carbocycles. The number of Topliss-reactive ketones (excluding diaryl/α,β-unsaturated/α-hetero) is 1. The van der Waals surface area contributed by atoms with Crippen molar-refractivity contribution < 1.29 is 9.53 Å². The summed E-state index contributed by atoms with van der Waals surface area (Å²) in [6.45, 7) is 2.04. The summed E-state index contributed by atoms with van der Waals surface area (Å²) >= 11 is 2.46. The van der Waals surface area contributed by atoms with Crippen LogP contribution in [0.15, 0.2) is 30.4 Å². The third-order valence-corrected chi connectivity index (χ3v) is 6.73. The van der Waals surface area contributed by atoms with Crippen LogP contribution in [0, 0.1) is 0 Å². The number of aryl methyl sites for hydroxylation is 1. The van der Waals surface area contributed by atoms with E-state index in [0.717, 1.165) is 18.6 Å². The van der Waals surface area contributed by atoms with E-state index < -0.39 is 0 Å². The summed E-state index contributed by atoms with van der Waals surface area (Å²) in [6.07, 6.45) is 6.68. The van der Waals surface area contributed by atoms with Crippen LogP contribution in [0.25, 0.3) is 10.9 Å². The van der Waals surface area contributed by atoms with Crippen molar-refractivity contribution in [2.24, 2.45) is 7.05 Å². The predicted octanol–water partition coefficient (Wildman–Crippen LogP) is 4.15. The molecule has 0 N–H and O–H groups in total. The van der Waals surface area contributed by atoms with Crippen LogP contribution in [0.1, 0.15) is 37.1 Å². The first kappa shape index (κ1) is 17.1. The fourth-order valence-electron chi connectivity index (χ4n) is 4.55. The van der Waals surface area contributed by atoms with E-state index in [0.29, 0.717) is 18.2 Å². The molecule has 3 atom stereocenters. The van der Waals surface area contributed by atoms with Crippen molar-refractivity contribution in [1.82, 2.24) is 9.47 Å². The molecule has 2 aromatic rings. The van der Waals surface area contributed by atoms with E-state index >= 15 is 0 Å². The highest BCUT2D eigenvalue weighted by molar-refractivity contribution is 14.1. The lowest BCUT2D eigenvalue weighted by Crippen LogP contribution is -2.54. The lowest BCUT2D eigenvalue weighted by molar-refractivity contribution is -0.129. The fourth-order valence-corrected chi connectivity index (χ4v) is 5.74. The highest BCUT2D eigenvalue weighted by Gasteiger charge is 2.45. The molecule has 3 heterocycles. The maximum Gasteiger partial charge on any atom is 0.150 e. The van der Waals surface area contributed by atoms with Gasteiger partial charge in [-0.2, -0.15) is 0 Å². The SMILES string of the molecule is C/C=C\C(I)N1[C@H]2Cc3c(n(C)c4cc(OC)ccc34)[C@@H]1CCC2=O. The topological polar surface area (TPSA) is 34.5 Å². The summed E-state index contributed by atoms with van der Waals surface area (Å²) in [7, 11) is 3.85. The van der Waals surface area contributed by atoms with Crippen LogP contribution >= 0.6 is 22.6 Å². The van der Waals surface area contributed by atoms with Gasteiger partial charge in [0, 0.05) is 30.6 Å². The molecule has 1 aromatic heterocycles. The molecule has 0 radical (unpaired) electrons. The van der Waals surface area contributed by atoms with Crippen LogP contribution in [0.5, 0.6) is 5.75 Å². The smallest absolute Gasteiger partial charge is 0.150 e. The second-order valence-electron chi connectivity index (χ2n) is 6.89. The Bertz CT molecular complexity index is 870. The van der Waals surface area contributed by atoms with Crippen molar-refractivity contribution in [1.29, 1.82) is 0 Å². The number of benzene rings is 1. The van der Waals surface area contributed by atoms with Crippen LogP contribution in [-0.2, 0) is 18.3 Å². The summed E-state index contributed by atoms with van der Waals surface area (Å²) in [5.41, 5.74) is 3.92. The Labute approximate surface area is 162 Å². The second-order valence-corrected chi connectivity index (χ2v) is 8.17. The van der Waals surface area contributed by atoms with Gasteiger partial charge in [0.15, 0.2) is 0 Å². The molecule has 2 aliphatic rings. The first-order valence-corrected chi connectivity index (χ1v) is 10.0. The van der Waals surface area contributed by atoms with Gasteiger partial charge in [-0.15, -0.1) is 0 Å². The number of alkyl halides is 1. The Morgan fingerprint density at radius 3 is 2.88 bits per heavy atom. The molecule has 0 spiro atoms. The average molecular weight is 450 g/mol. The number of ketones is 1. The van der Waals surface area contributed by atoms with Gasteiger partial charge in [0.2, 0.25) is 0 Å². The Hall–Kier alpha value is -1.34. The number of rotatable bonds is 3. The molecule has 25 heavy (non-hydrogen) atoms. The Kier molecular flexibility index (Phi) is 4.40. The molecule has 0 amide bonds. The van der Waals surface area contributed by atoms with Crippen LogP contribution in [-0.4, -0.2) is 32.5 Å². The molecular formula is C20H23IN2O2. The number of aromatic nitrogens is 1. The Morgan fingerprint density at radius 1 is 1.36 bits per heavy atom. The zero-order valence-electron chi connectivity index (χ0n) is 14.8. The van der Waals surface area contributed by atoms with E-state index in [2.05, 4.69) is 63.4 Å². The minimum atomic E-state index is -0.00273. The van der Waals surface area contributed by atoms with Crippen molar-refractivity contribution in [3.05, 3.63) is 41.6 Å². The minimum Gasteiger partial charge on any atom is -0.497 e. The van der Waals surface area contributed by atoms with Gasteiger partial charge in [-0.25, -0.2) is 0 Å². The average Bonchev–Trinajstić information content (AvgIpc) is 2.89. The maximum atomic E-state index is 12.7. The molecule has 1 aromatic carbocycles. The van der Waals surface area contributed by atoms with Gasteiger partial charge in [-0.05, 0) is 37.5 Å². The number of hydrogen-bond acceptors (Lipinski definition) is 3. The Morgan fingerprint density at radius 2 is 2.16 bits per heavy atom. The Balaban J connectivity index is 1.91. The normalized spacial score (nSPS) is 24.7. The number of carbonyl (C=O) groups is 1. The third kappa shape index (κ3) is 2.54. The highest BCUT2D eigenvalue weighted by Crippen LogP contribution is 2.46. The van der Waals surface area contributed by atoms with E-state index in [4.69, 9.17) is 4.74 Å². The van der Waals surface area contributed by atoms with E-state index in [9.17, 15) is 4.79 Å². The number of methoxy groups -OCH3 is 1. The number of halogens is 1. The number of ether oxygens (including phenoxy) is 1. The van der Waals surface area contributed by atoms with Crippen LogP contribution in [0.2, 0.25) is 0 Å². The lowest BCUT2D eigenvalue weighted by Gasteiger charge is -2.47. The second kappa shape index (κ2) is 6.43. The molecule has 1 fully saturated rings. The molecule has 5 heteroatoms. The van der Waals surface area contributed by atoms with Gasteiger partial charge in [0.05, 0.1) is 28.8 Å². The summed E-state index contributed by atoms with van der Waals surface area (Å²) in [5.74, 6) is 1.26. The lowest BCUT2D eigenvalue weighted by atomic mass is 9.81. The molecule has 0 aliphatic carbocycles. The molecule has 1 saturated heterocycles. The van der Waals surface area contributed by atoms with E-state index in [-0.39, 0.29) is 10.1 Å². The van der Waals surface area contributed by atoms with Gasteiger partial charge >= 0.3 is 0 Å².